The molecule has 1 rings (SSSR count). The molecule has 0 aromatic rings. The molecular weight excluding hydrogens is 228 g/mol. The van der Waals surface area contributed by atoms with Crippen LogP contribution in [0.5, 0.6) is 0 Å². The van der Waals surface area contributed by atoms with E-state index in [1.807, 2.05) is 13.8 Å². The van der Waals surface area contributed by atoms with Crippen molar-refractivity contribution in [2.24, 2.45) is 5.73 Å². The zero-order chi connectivity index (χ0) is 13.4. The average Bonchev–Trinajstić information content (AvgIpc) is 2.69. The van der Waals surface area contributed by atoms with E-state index in [0.29, 0.717) is 12.5 Å². The van der Waals surface area contributed by atoms with Crippen molar-refractivity contribution >= 4 is 5.91 Å². The predicted octanol–water partition coefficient (Wildman–Crippen LogP) is 1.97. The first-order valence-corrected chi connectivity index (χ1v) is 7.19. The molecule has 0 atom stereocenters. The molecule has 0 spiro atoms. The van der Waals surface area contributed by atoms with E-state index in [4.69, 9.17) is 10.5 Å². The second kappa shape index (κ2) is 7.74. The first-order chi connectivity index (χ1) is 8.52. The second-order valence-corrected chi connectivity index (χ2v) is 5.72. The van der Waals surface area contributed by atoms with Crippen molar-refractivity contribution in [3.63, 3.8) is 0 Å². The lowest BCUT2D eigenvalue weighted by molar-refractivity contribution is -0.122. The van der Waals surface area contributed by atoms with Crippen LogP contribution in [0.4, 0.5) is 0 Å². The normalized spacial score (nSPS) is 18.2. The van der Waals surface area contributed by atoms with Crippen molar-refractivity contribution in [3.05, 3.63) is 0 Å². The molecule has 0 aliphatic heterocycles. The number of unbranched alkanes of at least 4 members (excludes halogenated alkanes) is 1. The quantitative estimate of drug-likeness (QED) is 0.653. The molecule has 0 aromatic heterocycles. The SMILES string of the molecule is CC(C)OCCCCNC(=O)CC1(N)CCCC1. The lowest BCUT2D eigenvalue weighted by Crippen LogP contribution is -2.42. The van der Waals surface area contributed by atoms with Crippen molar-refractivity contribution in [2.45, 2.75) is 70.4 Å². The number of carbonyl (C=O) groups excluding carboxylic acids is 1. The minimum absolute atomic E-state index is 0.101. The maximum Gasteiger partial charge on any atom is 0.221 e. The van der Waals surface area contributed by atoms with Gasteiger partial charge in [0.1, 0.15) is 0 Å². The Balaban J connectivity index is 2.00. The highest BCUT2D eigenvalue weighted by molar-refractivity contribution is 5.77. The third-order valence-electron chi connectivity index (χ3n) is 3.46. The molecule has 1 aliphatic carbocycles. The Hall–Kier alpha value is -0.610. The lowest BCUT2D eigenvalue weighted by Gasteiger charge is -2.22. The monoisotopic (exact) mass is 256 g/mol. The summed E-state index contributed by atoms with van der Waals surface area (Å²) in [5.41, 5.74) is 5.93. The van der Waals surface area contributed by atoms with Crippen LogP contribution in [-0.4, -0.2) is 30.7 Å². The van der Waals surface area contributed by atoms with Gasteiger partial charge in [-0.05, 0) is 39.5 Å². The molecular formula is C14H28N2O2. The van der Waals surface area contributed by atoms with Crippen molar-refractivity contribution < 1.29 is 9.53 Å². The molecule has 0 unspecified atom stereocenters. The number of rotatable bonds is 8. The second-order valence-electron chi connectivity index (χ2n) is 5.72. The van der Waals surface area contributed by atoms with Crippen LogP contribution >= 0.6 is 0 Å². The van der Waals surface area contributed by atoms with Crippen LogP contribution < -0.4 is 11.1 Å². The fourth-order valence-electron chi connectivity index (χ4n) is 2.41. The zero-order valence-corrected chi connectivity index (χ0v) is 11.8. The van der Waals surface area contributed by atoms with Gasteiger partial charge in [-0.15, -0.1) is 0 Å². The summed E-state index contributed by atoms with van der Waals surface area (Å²) in [7, 11) is 0. The van der Waals surface area contributed by atoms with Crippen LogP contribution in [0.15, 0.2) is 0 Å². The summed E-state index contributed by atoms with van der Waals surface area (Å²) in [6.07, 6.45) is 7.04. The van der Waals surface area contributed by atoms with Crippen molar-refractivity contribution in [1.82, 2.24) is 5.32 Å². The molecule has 0 saturated heterocycles. The predicted molar refractivity (Wildman–Crippen MR) is 73.3 cm³/mol. The molecule has 3 N–H and O–H groups in total. The topological polar surface area (TPSA) is 64.3 Å². The van der Waals surface area contributed by atoms with Gasteiger partial charge in [-0.3, -0.25) is 4.79 Å². The highest BCUT2D eigenvalue weighted by Gasteiger charge is 2.31. The van der Waals surface area contributed by atoms with Crippen LogP contribution in [0.2, 0.25) is 0 Å². The molecule has 1 saturated carbocycles. The van der Waals surface area contributed by atoms with Crippen LogP contribution in [0.25, 0.3) is 0 Å². The fourth-order valence-corrected chi connectivity index (χ4v) is 2.41. The molecule has 4 heteroatoms. The smallest absolute Gasteiger partial charge is 0.221 e. The highest BCUT2D eigenvalue weighted by Crippen LogP contribution is 2.29. The van der Waals surface area contributed by atoms with E-state index in [0.717, 1.165) is 51.7 Å². The van der Waals surface area contributed by atoms with Crippen LogP contribution in [-0.2, 0) is 9.53 Å². The van der Waals surface area contributed by atoms with Crippen molar-refractivity contribution in [1.29, 1.82) is 0 Å². The van der Waals surface area contributed by atoms with Gasteiger partial charge in [-0.1, -0.05) is 12.8 Å². The maximum atomic E-state index is 11.7. The summed E-state index contributed by atoms with van der Waals surface area (Å²) in [4.78, 5) is 11.7. The molecule has 0 radical (unpaired) electrons. The average molecular weight is 256 g/mol. The van der Waals surface area contributed by atoms with Crippen LogP contribution in [0.3, 0.4) is 0 Å². The van der Waals surface area contributed by atoms with E-state index < -0.39 is 0 Å². The van der Waals surface area contributed by atoms with Gasteiger partial charge in [-0.2, -0.15) is 0 Å². The first kappa shape index (κ1) is 15.4. The summed E-state index contributed by atoms with van der Waals surface area (Å²) >= 11 is 0. The van der Waals surface area contributed by atoms with E-state index >= 15 is 0 Å². The van der Waals surface area contributed by atoms with Crippen molar-refractivity contribution in [2.75, 3.05) is 13.2 Å². The van der Waals surface area contributed by atoms with E-state index in [-0.39, 0.29) is 11.4 Å². The van der Waals surface area contributed by atoms with Gasteiger partial charge >= 0.3 is 0 Å². The Kier molecular flexibility index (Phi) is 6.65. The number of hydrogen-bond acceptors (Lipinski definition) is 3. The molecule has 0 bridgehead atoms. The van der Waals surface area contributed by atoms with Crippen LogP contribution in [0.1, 0.15) is 58.8 Å². The summed E-state index contributed by atoms with van der Waals surface area (Å²) < 4.78 is 5.44. The van der Waals surface area contributed by atoms with Crippen molar-refractivity contribution in [3.8, 4) is 0 Å². The molecule has 1 fully saturated rings. The number of nitrogens with one attached hydrogen (secondary N) is 1. The Labute approximate surface area is 111 Å². The van der Waals surface area contributed by atoms with Gasteiger partial charge in [0.05, 0.1) is 6.10 Å². The molecule has 1 aliphatic rings. The fraction of sp³-hybridized carbons (Fsp3) is 0.929. The number of amides is 1. The molecule has 18 heavy (non-hydrogen) atoms. The standard InChI is InChI=1S/C14H28N2O2/c1-12(2)18-10-6-5-9-16-13(17)11-14(15)7-3-4-8-14/h12H,3-11,15H2,1-2H3,(H,16,17). The molecule has 4 nitrogen and oxygen atoms in total. The Morgan fingerprint density at radius 2 is 2.00 bits per heavy atom. The van der Waals surface area contributed by atoms with Crippen LogP contribution in [0, 0.1) is 0 Å². The minimum atomic E-state index is -0.231. The van der Waals surface area contributed by atoms with E-state index in [1.54, 1.807) is 0 Å². The molecule has 0 heterocycles. The number of ether oxygens (including phenoxy) is 1. The Morgan fingerprint density at radius 3 is 2.61 bits per heavy atom. The third-order valence-corrected chi connectivity index (χ3v) is 3.46. The zero-order valence-electron chi connectivity index (χ0n) is 11.8. The highest BCUT2D eigenvalue weighted by atomic mass is 16.5. The van der Waals surface area contributed by atoms with E-state index in [2.05, 4.69) is 5.32 Å². The summed E-state index contributed by atoms with van der Waals surface area (Å²) in [5.74, 6) is 0.101. The molecule has 106 valence electrons. The van der Waals surface area contributed by atoms with Gasteiger partial charge in [0.2, 0.25) is 5.91 Å². The van der Waals surface area contributed by atoms with Gasteiger partial charge in [0.15, 0.2) is 0 Å². The summed E-state index contributed by atoms with van der Waals surface area (Å²) in [5, 5.41) is 2.95. The number of carbonyl (C=O) groups is 1. The van der Waals surface area contributed by atoms with Gasteiger partial charge in [0, 0.05) is 25.1 Å². The van der Waals surface area contributed by atoms with Gasteiger partial charge in [0.25, 0.3) is 0 Å². The Morgan fingerprint density at radius 1 is 1.33 bits per heavy atom. The van der Waals surface area contributed by atoms with Gasteiger partial charge < -0.3 is 15.8 Å². The lowest BCUT2D eigenvalue weighted by atomic mass is 9.94. The van der Waals surface area contributed by atoms with E-state index in [1.165, 1.54) is 0 Å². The summed E-state index contributed by atoms with van der Waals surface area (Å²) in [6, 6.07) is 0. The van der Waals surface area contributed by atoms with E-state index in [9.17, 15) is 4.79 Å². The Bertz CT molecular complexity index is 248. The first-order valence-electron chi connectivity index (χ1n) is 7.19. The largest absolute Gasteiger partial charge is 0.379 e. The molecule has 1 amide bonds. The molecule has 0 aromatic carbocycles. The summed E-state index contributed by atoms with van der Waals surface area (Å²) in [6.45, 7) is 5.57. The number of nitrogens with two attached hydrogens (primary N) is 1. The maximum absolute atomic E-state index is 11.7. The number of hydrogen-bond donors (Lipinski definition) is 2. The minimum Gasteiger partial charge on any atom is -0.379 e. The third kappa shape index (κ3) is 6.36. The van der Waals surface area contributed by atoms with Gasteiger partial charge in [-0.25, -0.2) is 0 Å².